The lowest BCUT2D eigenvalue weighted by Crippen LogP contribution is -2.53. The molecule has 7 nitrogen and oxygen atoms in total. The van der Waals surface area contributed by atoms with Gasteiger partial charge in [-0.25, -0.2) is 9.78 Å². The molecule has 132 valence electrons. The Labute approximate surface area is 149 Å². The van der Waals surface area contributed by atoms with Gasteiger partial charge in [-0.3, -0.25) is 9.59 Å². The number of thiazole rings is 1. The molecular weight excluding hydrogens is 342 g/mol. The van der Waals surface area contributed by atoms with Gasteiger partial charge in [-0.05, 0) is 26.0 Å². The standard InChI is InChI=1S/C17H19N3O4S/c1-17(2,16(23)18-3)20-13(21)10-6-5-7-11(8-10)14-19-9-12(25-14)15(22)24-4/h5-9H,1-4H3,(H,18,23)(H,20,21). The van der Waals surface area contributed by atoms with Crippen LogP contribution in [-0.4, -0.2) is 42.5 Å². The van der Waals surface area contributed by atoms with E-state index in [1.807, 2.05) is 0 Å². The van der Waals surface area contributed by atoms with Crippen molar-refractivity contribution in [3.8, 4) is 10.6 Å². The van der Waals surface area contributed by atoms with E-state index in [4.69, 9.17) is 0 Å². The highest BCUT2D eigenvalue weighted by Crippen LogP contribution is 2.26. The average Bonchev–Trinajstić information content (AvgIpc) is 3.10. The molecule has 2 rings (SSSR count). The Morgan fingerprint density at radius 3 is 2.60 bits per heavy atom. The summed E-state index contributed by atoms with van der Waals surface area (Å²) in [6.07, 6.45) is 1.44. The summed E-state index contributed by atoms with van der Waals surface area (Å²) in [4.78, 5) is 40.4. The second-order valence-electron chi connectivity index (χ2n) is 5.76. The van der Waals surface area contributed by atoms with Gasteiger partial charge in [-0.1, -0.05) is 12.1 Å². The Hall–Kier alpha value is -2.74. The van der Waals surface area contributed by atoms with Crippen molar-refractivity contribution in [1.82, 2.24) is 15.6 Å². The van der Waals surface area contributed by atoms with Crippen molar-refractivity contribution in [3.63, 3.8) is 0 Å². The van der Waals surface area contributed by atoms with Crippen LogP contribution in [0.25, 0.3) is 10.6 Å². The van der Waals surface area contributed by atoms with Crippen molar-refractivity contribution >= 4 is 29.1 Å². The molecule has 0 spiro atoms. The van der Waals surface area contributed by atoms with Gasteiger partial charge >= 0.3 is 5.97 Å². The third kappa shape index (κ3) is 4.21. The van der Waals surface area contributed by atoms with Crippen LogP contribution in [0.1, 0.15) is 33.9 Å². The van der Waals surface area contributed by atoms with E-state index in [0.717, 1.165) is 0 Å². The smallest absolute Gasteiger partial charge is 0.349 e. The van der Waals surface area contributed by atoms with Crippen LogP contribution in [0.5, 0.6) is 0 Å². The van der Waals surface area contributed by atoms with Crippen LogP contribution in [0, 0.1) is 0 Å². The molecule has 0 aliphatic heterocycles. The largest absolute Gasteiger partial charge is 0.465 e. The molecule has 2 aromatic rings. The minimum Gasteiger partial charge on any atom is -0.465 e. The van der Waals surface area contributed by atoms with Gasteiger partial charge in [0.25, 0.3) is 5.91 Å². The molecule has 2 N–H and O–H groups in total. The highest BCUT2D eigenvalue weighted by Gasteiger charge is 2.28. The average molecular weight is 361 g/mol. The maximum absolute atomic E-state index is 12.4. The zero-order valence-corrected chi connectivity index (χ0v) is 15.2. The Balaban J connectivity index is 2.24. The number of hydrogen-bond donors (Lipinski definition) is 2. The highest BCUT2D eigenvalue weighted by molar-refractivity contribution is 7.16. The first-order valence-electron chi connectivity index (χ1n) is 7.47. The first-order valence-corrected chi connectivity index (χ1v) is 8.29. The molecule has 0 bridgehead atoms. The van der Waals surface area contributed by atoms with Crippen LogP contribution in [-0.2, 0) is 9.53 Å². The fourth-order valence-electron chi connectivity index (χ4n) is 2.12. The molecule has 1 aromatic carbocycles. The second kappa shape index (κ2) is 7.43. The van der Waals surface area contributed by atoms with Gasteiger partial charge in [-0.15, -0.1) is 11.3 Å². The molecule has 0 saturated carbocycles. The van der Waals surface area contributed by atoms with Gasteiger partial charge in [0.2, 0.25) is 5.91 Å². The number of carbonyl (C=O) groups excluding carboxylic acids is 3. The number of esters is 1. The summed E-state index contributed by atoms with van der Waals surface area (Å²) >= 11 is 1.18. The fraction of sp³-hybridized carbons (Fsp3) is 0.294. The predicted octanol–water partition coefficient (Wildman–Crippen LogP) is 1.85. The summed E-state index contributed by atoms with van der Waals surface area (Å²) in [7, 11) is 2.82. The molecule has 8 heteroatoms. The number of carbonyl (C=O) groups is 3. The number of hydrogen-bond acceptors (Lipinski definition) is 6. The maximum atomic E-state index is 12.4. The SMILES string of the molecule is CNC(=O)C(C)(C)NC(=O)c1cccc(-c2ncc(C(=O)OC)s2)c1. The first-order chi connectivity index (χ1) is 11.8. The predicted molar refractivity (Wildman–Crippen MR) is 94.5 cm³/mol. The van der Waals surface area contributed by atoms with Crippen molar-refractivity contribution in [3.05, 3.63) is 40.9 Å². The van der Waals surface area contributed by atoms with Crippen LogP contribution < -0.4 is 10.6 Å². The summed E-state index contributed by atoms with van der Waals surface area (Å²) in [6.45, 7) is 3.24. The topological polar surface area (TPSA) is 97.4 Å². The Morgan fingerprint density at radius 1 is 1.24 bits per heavy atom. The van der Waals surface area contributed by atoms with Gasteiger partial charge in [0.15, 0.2) is 0 Å². The molecule has 25 heavy (non-hydrogen) atoms. The molecule has 0 atom stereocenters. The van der Waals surface area contributed by atoms with Crippen molar-refractivity contribution in [2.24, 2.45) is 0 Å². The lowest BCUT2D eigenvalue weighted by atomic mass is 10.0. The molecule has 1 aromatic heterocycles. The van der Waals surface area contributed by atoms with Crippen LogP contribution in [0.15, 0.2) is 30.5 Å². The number of methoxy groups -OCH3 is 1. The van der Waals surface area contributed by atoms with Crippen LogP contribution in [0.4, 0.5) is 0 Å². The molecule has 0 unspecified atom stereocenters. The van der Waals surface area contributed by atoms with Crippen LogP contribution in [0.3, 0.4) is 0 Å². The van der Waals surface area contributed by atoms with E-state index < -0.39 is 11.5 Å². The number of nitrogens with one attached hydrogen (secondary N) is 2. The third-order valence-electron chi connectivity index (χ3n) is 3.48. The van der Waals surface area contributed by atoms with E-state index in [-0.39, 0.29) is 11.8 Å². The van der Waals surface area contributed by atoms with Crippen molar-refractivity contribution in [1.29, 1.82) is 0 Å². The van der Waals surface area contributed by atoms with E-state index in [1.54, 1.807) is 38.1 Å². The summed E-state index contributed by atoms with van der Waals surface area (Å²) < 4.78 is 4.66. The van der Waals surface area contributed by atoms with E-state index >= 15 is 0 Å². The first kappa shape index (κ1) is 18.6. The number of nitrogens with zero attached hydrogens (tertiary/aromatic N) is 1. The molecule has 0 aliphatic rings. The van der Waals surface area contributed by atoms with Crippen molar-refractivity contribution < 1.29 is 19.1 Å². The van der Waals surface area contributed by atoms with Gasteiger partial charge in [0, 0.05) is 18.2 Å². The van der Waals surface area contributed by atoms with E-state index in [0.29, 0.717) is 21.0 Å². The summed E-state index contributed by atoms with van der Waals surface area (Å²) in [6, 6.07) is 6.82. The maximum Gasteiger partial charge on any atom is 0.349 e. The number of rotatable bonds is 5. The van der Waals surface area contributed by atoms with Crippen molar-refractivity contribution in [2.75, 3.05) is 14.2 Å². The molecule has 0 radical (unpaired) electrons. The van der Waals surface area contributed by atoms with Crippen LogP contribution >= 0.6 is 11.3 Å². The molecular formula is C17H19N3O4S. The zero-order chi connectivity index (χ0) is 18.6. The minimum atomic E-state index is -1.04. The summed E-state index contributed by atoms with van der Waals surface area (Å²) in [5.41, 5.74) is 0.0519. The monoisotopic (exact) mass is 361 g/mol. The van der Waals surface area contributed by atoms with E-state index in [1.165, 1.54) is 31.7 Å². The minimum absolute atomic E-state index is 0.292. The fourth-order valence-corrected chi connectivity index (χ4v) is 2.95. The zero-order valence-electron chi connectivity index (χ0n) is 14.4. The lowest BCUT2D eigenvalue weighted by Gasteiger charge is -2.24. The Morgan fingerprint density at radius 2 is 1.96 bits per heavy atom. The molecule has 0 saturated heterocycles. The number of amides is 2. The summed E-state index contributed by atoms with van der Waals surface area (Å²) in [5.74, 6) is -1.12. The number of ether oxygens (including phenoxy) is 1. The van der Waals surface area contributed by atoms with E-state index in [2.05, 4.69) is 20.4 Å². The second-order valence-corrected chi connectivity index (χ2v) is 6.79. The Kier molecular flexibility index (Phi) is 5.53. The van der Waals surface area contributed by atoms with Gasteiger partial charge in [-0.2, -0.15) is 0 Å². The normalized spacial score (nSPS) is 10.9. The van der Waals surface area contributed by atoms with Gasteiger partial charge in [0.05, 0.1) is 13.3 Å². The van der Waals surface area contributed by atoms with E-state index in [9.17, 15) is 14.4 Å². The molecule has 2 amide bonds. The Bertz CT molecular complexity index is 814. The van der Waals surface area contributed by atoms with Gasteiger partial charge < -0.3 is 15.4 Å². The highest BCUT2D eigenvalue weighted by atomic mass is 32.1. The van der Waals surface area contributed by atoms with Gasteiger partial charge in [0.1, 0.15) is 15.4 Å². The molecule has 0 aliphatic carbocycles. The number of likely N-dealkylation sites (N-methyl/N-ethyl adjacent to an activating group) is 1. The number of aromatic nitrogens is 1. The summed E-state index contributed by atoms with van der Waals surface area (Å²) in [5, 5.41) is 5.80. The van der Waals surface area contributed by atoms with Crippen LogP contribution in [0.2, 0.25) is 0 Å². The quantitative estimate of drug-likeness (QED) is 0.792. The third-order valence-corrected chi connectivity index (χ3v) is 4.51. The molecule has 0 fully saturated rings. The molecule has 1 heterocycles. The lowest BCUT2D eigenvalue weighted by molar-refractivity contribution is -0.125. The number of benzene rings is 1. The van der Waals surface area contributed by atoms with Crippen molar-refractivity contribution in [2.45, 2.75) is 19.4 Å².